The molecule has 0 heterocycles. The first kappa shape index (κ1) is 18.9. The van der Waals surface area contributed by atoms with E-state index in [2.05, 4.69) is 15.8 Å². The highest BCUT2D eigenvalue weighted by molar-refractivity contribution is 6.35. The van der Waals surface area contributed by atoms with E-state index in [-0.39, 0.29) is 5.75 Å². The lowest BCUT2D eigenvalue weighted by atomic mass is 10.2. The molecule has 0 aliphatic heterocycles. The number of rotatable bonds is 8. The van der Waals surface area contributed by atoms with E-state index in [1.165, 1.54) is 12.3 Å². The second-order valence-electron chi connectivity index (χ2n) is 4.38. The maximum Gasteiger partial charge on any atom is 0.341 e. The fraction of sp³-hybridized carbons (Fsp3) is 0.333. The molecule has 0 spiro atoms. The average Bonchev–Trinajstić information content (AvgIpc) is 2.54. The van der Waals surface area contributed by atoms with E-state index in [0.717, 1.165) is 0 Å². The molecular formula is C15H19N3O6. The maximum absolute atomic E-state index is 11.4. The number of amides is 2. The number of nitrogens with one attached hydrogen (secondary N) is 2. The van der Waals surface area contributed by atoms with Crippen molar-refractivity contribution in [2.75, 3.05) is 19.8 Å². The Hall–Kier alpha value is -3.10. The van der Waals surface area contributed by atoms with Gasteiger partial charge in [-0.15, -0.1) is 0 Å². The predicted octanol–water partition coefficient (Wildman–Crippen LogP) is 0.135. The van der Waals surface area contributed by atoms with Gasteiger partial charge in [0.15, 0.2) is 18.1 Å². The Balaban J connectivity index is 2.76. The lowest BCUT2D eigenvalue weighted by molar-refractivity contribution is -0.139. The summed E-state index contributed by atoms with van der Waals surface area (Å²) in [6.45, 7) is 3.67. The summed E-state index contributed by atoms with van der Waals surface area (Å²) in [6, 6.07) is 4.70. The fourth-order valence-electron chi connectivity index (χ4n) is 1.59. The van der Waals surface area contributed by atoms with Crippen molar-refractivity contribution in [1.82, 2.24) is 10.7 Å². The van der Waals surface area contributed by atoms with Gasteiger partial charge < -0.3 is 19.9 Å². The third kappa shape index (κ3) is 6.34. The molecule has 0 fully saturated rings. The zero-order valence-corrected chi connectivity index (χ0v) is 13.4. The van der Waals surface area contributed by atoms with Gasteiger partial charge in [0, 0.05) is 6.54 Å². The number of carbonyl (C=O) groups excluding carboxylic acids is 2. The van der Waals surface area contributed by atoms with Crippen molar-refractivity contribution in [3.8, 4) is 11.5 Å². The van der Waals surface area contributed by atoms with Crippen molar-refractivity contribution in [1.29, 1.82) is 0 Å². The summed E-state index contributed by atoms with van der Waals surface area (Å²) < 4.78 is 10.5. The van der Waals surface area contributed by atoms with E-state index in [0.29, 0.717) is 24.5 Å². The molecule has 1 aromatic rings. The highest BCUT2D eigenvalue weighted by atomic mass is 16.5. The van der Waals surface area contributed by atoms with Crippen LogP contribution in [-0.4, -0.2) is 48.9 Å². The van der Waals surface area contributed by atoms with E-state index < -0.39 is 24.4 Å². The Bertz CT molecular complexity index is 630. The van der Waals surface area contributed by atoms with Crippen molar-refractivity contribution < 1.29 is 29.0 Å². The van der Waals surface area contributed by atoms with Gasteiger partial charge >= 0.3 is 17.8 Å². The summed E-state index contributed by atoms with van der Waals surface area (Å²) in [5, 5.41) is 14.7. The Morgan fingerprint density at radius 1 is 1.17 bits per heavy atom. The smallest absolute Gasteiger partial charge is 0.341 e. The van der Waals surface area contributed by atoms with Crippen LogP contribution in [0.25, 0.3) is 0 Å². The molecule has 0 aliphatic rings. The van der Waals surface area contributed by atoms with Gasteiger partial charge in [0.1, 0.15) is 0 Å². The van der Waals surface area contributed by atoms with Crippen LogP contribution >= 0.6 is 0 Å². The average molecular weight is 337 g/mol. The molecule has 3 N–H and O–H groups in total. The highest BCUT2D eigenvalue weighted by Crippen LogP contribution is 2.28. The van der Waals surface area contributed by atoms with Gasteiger partial charge in [-0.3, -0.25) is 9.59 Å². The van der Waals surface area contributed by atoms with Crippen LogP contribution in [0.4, 0.5) is 0 Å². The molecule has 0 saturated carbocycles. The Labute approximate surface area is 138 Å². The first-order chi connectivity index (χ1) is 11.5. The van der Waals surface area contributed by atoms with Gasteiger partial charge in [-0.05, 0) is 37.6 Å². The minimum atomic E-state index is -1.10. The molecule has 1 rings (SSSR count). The standard InChI is InChI=1S/C15H19N3O6/c1-3-16-14(21)15(22)18-17-8-10-5-6-11(24-9-13(19)20)12(7-10)23-4-2/h5-8H,3-4,9H2,1-2H3,(H,16,21)(H,18,22)(H,19,20)/b17-8-. The molecule has 24 heavy (non-hydrogen) atoms. The summed E-state index contributed by atoms with van der Waals surface area (Å²) in [5.74, 6) is -2.13. The number of aliphatic carboxylic acids is 1. The number of carboxylic acid groups (broad SMARTS) is 1. The topological polar surface area (TPSA) is 126 Å². The van der Waals surface area contributed by atoms with Gasteiger partial charge in [0.05, 0.1) is 12.8 Å². The lowest BCUT2D eigenvalue weighted by Gasteiger charge is -2.11. The molecule has 9 heteroatoms. The van der Waals surface area contributed by atoms with Crippen molar-refractivity contribution in [3.05, 3.63) is 23.8 Å². The number of ether oxygens (including phenoxy) is 2. The lowest BCUT2D eigenvalue weighted by Crippen LogP contribution is -2.37. The molecule has 130 valence electrons. The fourth-order valence-corrected chi connectivity index (χ4v) is 1.59. The number of carboxylic acids is 1. The predicted molar refractivity (Wildman–Crippen MR) is 85.2 cm³/mol. The maximum atomic E-state index is 11.4. The summed E-state index contributed by atoms with van der Waals surface area (Å²) in [7, 11) is 0. The molecule has 1 aromatic carbocycles. The summed E-state index contributed by atoms with van der Waals surface area (Å²) in [5.41, 5.74) is 2.66. The van der Waals surface area contributed by atoms with Crippen LogP contribution in [-0.2, 0) is 14.4 Å². The van der Waals surface area contributed by atoms with E-state index in [9.17, 15) is 14.4 Å². The van der Waals surface area contributed by atoms with Crippen molar-refractivity contribution in [2.45, 2.75) is 13.8 Å². The first-order valence-corrected chi connectivity index (χ1v) is 7.20. The summed E-state index contributed by atoms with van der Waals surface area (Å²) in [4.78, 5) is 33.1. The quantitative estimate of drug-likeness (QED) is 0.352. The van der Waals surface area contributed by atoms with Crippen LogP contribution in [0.2, 0.25) is 0 Å². The second-order valence-corrected chi connectivity index (χ2v) is 4.38. The van der Waals surface area contributed by atoms with Gasteiger partial charge in [-0.1, -0.05) is 0 Å². The Kier molecular flexibility index (Phi) is 7.76. The van der Waals surface area contributed by atoms with Crippen molar-refractivity contribution >= 4 is 24.0 Å². The minimum Gasteiger partial charge on any atom is -0.490 e. The minimum absolute atomic E-state index is 0.280. The molecule has 0 unspecified atom stereocenters. The SMILES string of the molecule is CCNC(=O)C(=O)N/N=C\c1ccc(OCC(=O)O)c(OCC)c1. The van der Waals surface area contributed by atoms with Crippen LogP contribution < -0.4 is 20.2 Å². The number of hydrogen-bond donors (Lipinski definition) is 3. The van der Waals surface area contributed by atoms with Crippen LogP contribution in [0, 0.1) is 0 Å². The zero-order chi connectivity index (χ0) is 17.9. The Morgan fingerprint density at radius 2 is 1.92 bits per heavy atom. The van der Waals surface area contributed by atoms with Gasteiger partial charge in [-0.2, -0.15) is 5.10 Å². The van der Waals surface area contributed by atoms with Crippen LogP contribution in [0.5, 0.6) is 11.5 Å². The number of carbonyl (C=O) groups is 3. The van der Waals surface area contributed by atoms with Crippen LogP contribution in [0.1, 0.15) is 19.4 Å². The number of likely N-dealkylation sites (N-methyl/N-ethyl adjacent to an activating group) is 1. The van der Waals surface area contributed by atoms with E-state index in [1.54, 1.807) is 26.0 Å². The largest absolute Gasteiger partial charge is 0.490 e. The number of benzene rings is 1. The first-order valence-electron chi connectivity index (χ1n) is 7.20. The number of nitrogens with zero attached hydrogens (tertiary/aromatic N) is 1. The molecular weight excluding hydrogens is 318 g/mol. The third-order valence-corrected chi connectivity index (χ3v) is 2.54. The molecule has 0 radical (unpaired) electrons. The monoisotopic (exact) mass is 337 g/mol. The molecule has 0 aliphatic carbocycles. The second kappa shape index (κ2) is 9.82. The zero-order valence-electron chi connectivity index (χ0n) is 13.4. The highest BCUT2D eigenvalue weighted by Gasteiger charge is 2.11. The van der Waals surface area contributed by atoms with Crippen LogP contribution in [0.15, 0.2) is 23.3 Å². The molecule has 0 bridgehead atoms. The molecule has 0 aromatic heterocycles. The van der Waals surface area contributed by atoms with Crippen molar-refractivity contribution in [3.63, 3.8) is 0 Å². The molecule has 0 saturated heterocycles. The number of hydrazone groups is 1. The summed E-state index contributed by atoms with van der Waals surface area (Å²) >= 11 is 0. The van der Waals surface area contributed by atoms with Gasteiger partial charge in [0.2, 0.25) is 0 Å². The van der Waals surface area contributed by atoms with E-state index in [4.69, 9.17) is 14.6 Å². The number of hydrogen-bond acceptors (Lipinski definition) is 6. The summed E-state index contributed by atoms with van der Waals surface area (Å²) in [6.07, 6.45) is 1.32. The van der Waals surface area contributed by atoms with Crippen molar-refractivity contribution in [2.24, 2.45) is 5.10 Å². The molecule has 0 atom stereocenters. The molecule has 2 amide bonds. The van der Waals surface area contributed by atoms with E-state index >= 15 is 0 Å². The van der Waals surface area contributed by atoms with Gasteiger partial charge in [0.25, 0.3) is 0 Å². The van der Waals surface area contributed by atoms with Gasteiger partial charge in [-0.25, -0.2) is 10.2 Å². The normalized spacial score (nSPS) is 10.2. The molecule has 9 nitrogen and oxygen atoms in total. The Morgan fingerprint density at radius 3 is 2.54 bits per heavy atom. The third-order valence-electron chi connectivity index (χ3n) is 2.54. The van der Waals surface area contributed by atoms with Crippen LogP contribution in [0.3, 0.4) is 0 Å². The van der Waals surface area contributed by atoms with E-state index in [1.807, 2.05) is 0 Å².